The van der Waals surface area contributed by atoms with E-state index >= 15 is 0 Å². The van der Waals surface area contributed by atoms with Crippen LogP contribution in [-0.2, 0) is 16.1 Å². The van der Waals surface area contributed by atoms with Crippen LogP contribution in [0.5, 0.6) is 5.75 Å². The Morgan fingerprint density at radius 1 is 1.10 bits per heavy atom. The van der Waals surface area contributed by atoms with Crippen LogP contribution in [0.2, 0.25) is 5.02 Å². The summed E-state index contributed by atoms with van der Waals surface area (Å²) in [6, 6.07) is 12.4. The van der Waals surface area contributed by atoms with E-state index in [4.69, 9.17) is 16.3 Å². The summed E-state index contributed by atoms with van der Waals surface area (Å²) in [5.41, 5.74) is 2.86. The number of aryl methyl sites for hydroxylation is 1. The average molecular weight is 431 g/mol. The van der Waals surface area contributed by atoms with E-state index in [2.05, 4.69) is 5.32 Å². The van der Waals surface area contributed by atoms with Gasteiger partial charge < -0.3 is 15.0 Å². The maximum absolute atomic E-state index is 13.1. The molecular weight excluding hydrogens is 400 g/mol. The summed E-state index contributed by atoms with van der Waals surface area (Å²) in [5.74, 6) is 0.192. The molecule has 0 bridgehead atoms. The molecule has 162 valence electrons. The lowest BCUT2D eigenvalue weighted by Gasteiger charge is -2.30. The topological polar surface area (TPSA) is 58.6 Å². The minimum atomic E-state index is -0.662. The van der Waals surface area contributed by atoms with Crippen LogP contribution in [0.3, 0.4) is 0 Å². The van der Waals surface area contributed by atoms with E-state index in [1.54, 1.807) is 13.0 Å². The van der Waals surface area contributed by atoms with E-state index in [1.165, 1.54) is 4.90 Å². The van der Waals surface area contributed by atoms with E-state index < -0.39 is 6.04 Å². The molecule has 0 aromatic heterocycles. The first kappa shape index (κ1) is 23.7. The molecule has 0 heterocycles. The average Bonchev–Trinajstić information content (AvgIpc) is 2.73. The number of rotatable bonds is 9. The predicted octanol–water partition coefficient (Wildman–Crippen LogP) is 4.67. The van der Waals surface area contributed by atoms with Gasteiger partial charge >= 0.3 is 0 Å². The van der Waals surface area contributed by atoms with Gasteiger partial charge in [-0.1, -0.05) is 48.9 Å². The van der Waals surface area contributed by atoms with E-state index in [1.807, 2.05) is 64.1 Å². The maximum atomic E-state index is 13.1. The Hall–Kier alpha value is -2.53. The Morgan fingerprint density at radius 2 is 1.80 bits per heavy atom. The highest BCUT2D eigenvalue weighted by Crippen LogP contribution is 2.22. The van der Waals surface area contributed by atoms with Crippen molar-refractivity contribution in [3.05, 3.63) is 64.2 Å². The van der Waals surface area contributed by atoms with Gasteiger partial charge in [0.2, 0.25) is 5.91 Å². The van der Waals surface area contributed by atoms with Gasteiger partial charge in [-0.25, -0.2) is 0 Å². The highest BCUT2D eigenvalue weighted by atomic mass is 35.5. The lowest BCUT2D eigenvalue weighted by atomic mass is 10.1. The lowest BCUT2D eigenvalue weighted by Crippen LogP contribution is -2.50. The number of amides is 2. The van der Waals surface area contributed by atoms with Crippen LogP contribution >= 0.6 is 11.6 Å². The normalized spacial score (nSPS) is 12.7. The Labute approximate surface area is 184 Å². The number of ether oxygens (including phenoxy) is 1. The molecule has 0 saturated heterocycles. The molecule has 6 heteroatoms. The number of hydrogen-bond donors (Lipinski definition) is 1. The summed E-state index contributed by atoms with van der Waals surface area (Å²) in [5, 5.41) is 3.50. The second kappa shape index (κ2) is 11.0. The molecule has 0 spiro atoms. The second-order valence-corrected chi connectivity index (χ2v) is 8.00. The first-order valence-corrected chi connectivity index (χ1v) is 10.6. The van der Waals surface area contributed by atoms with Crippen LogP contribution in [0.1, 0.15) is 43.9 Å². The van der Waals surface area contributed by atoms with Gasteiger partial charge in [-0.2, -0.15) is 0 Å². The molecule has 0 radical (unpaired) electrons. The quantitative estimate of drug-likeness (QED) is 0.629. The molecule has 0 unspecified atom stereocenters. The van der Waals surface area contributed by atoms with E-state index in [0.29, 0.717) is 10.8 Å². The smallest absolute Gasteiger partial charge is 0.261 e. The first-order valence-electron chi connectivity index (χ1n) is 10.3. The lowest BCUT2D eigenvalue weighted by molar-refractivity contribution is -0.142. The van der Waals surface area contributed by atoms with Crippen molar-refractivity contribution in [2.24, 2.45) is 0 Å². The fourth-order valence-corrected chi connectivity index (χ4v) is 3.16. The molecule has 0 aliphatic rings. The van der Waals surface area contributed by atoms with Crippen molar-refractivity contribution in [2.75, 3.05) is 6.61 Å². The highest BCUT2D eigenvalue weighted by molar-refractivity contribution is 6.31. The van der Waals surface area contributed by atoms with E-state index in [9.17, 15) is 9.59 Å². The molecule has 5 nitrogen and oxygen atoms in total. The summed E-state index contributed by atoms with van der Waals surface area (Å²) in [6.07, 6.45) is 0.812. The molecule has 2 amide bonds. The number of hydrogen-bond acceptors (Lipinski definition) is 3. The molecule has 2 aromatic rings. The first-order chi connectivity index (χ1) is 14.2. The molecule has 2 rings (SSSR count). The highest BCUT2D eigenvalue weighted by Gasteiger charge is 2.27. The molecule has 2 aromatic carbocycles. The summed E-state index contributed by atoms with van der Waals surface area (Å²) in [4.78, 5) is 27.4. The summed E-state index contributed by atoms with van der Waals surface area (Å²) in [6.45, 7) is 9.69. The van der Waals surface area contributed by atoms with Crippen LogP contribution in [0.4, 0.5) is 0 Å². The monoisotopic (exact) mass is 430 g/mol. The molecule has 0 fully saturated rings. The van der Waals surface area contributed by atoms with Crippen molar-refractivity contribution >= 4 is 23.4 Å². The van der Waals surface area contributed by atoms with Gasteiger partial charge in [-0.3, -0.25) is 9.59 Å². The van der Waals surface area contributed by atoms with Gasteiger partial charge in [0, 0.05) is 17.6 Å². The number of nitrogens with zero attached hydrogens (tertiary/aromatic N) is 1. The van der Waals surface area contributed by atoms with Gasteiger partial charge in [0.15, 0.2) is 6.61 Å². The van der Waals surface area contributed by atoms with Crippen LogP contribution in [-0.4, -0.2) is 35.4 Å². The van der Waals surface area contributed by atoms with Crippen molar-refractivity contribution in [3.63, 3.8) is 0 Å². The van der Waals surface area contributed by atoms with Gasteiger partial charge in [0.25, 0.3) is 5.91 Å². The predicted molar refractivity (Wildman–Crippen MR) is 121 cm³/mol. The number of halogens is 1. The molecule has 30 heavy (non-hydrogen) atoms. The fourth-order valence-electron chi connectivity index (χ4n) is 2.96. The van der Waals surface area contributed by atoms with E-state index in [0.717, 1.165) is 23.1 Å². The zero-order valence-electron chi connectivity index (χ0n) is 18.4. The number of benzene rings is 2. The van der Waals surface area contributed by atoms with Gasteiger partial charge in [-0.15, -0.1) is 0 Å². The third-order valence-corrected chi connectivity index (χ3v) is 5.74. The molecular formula is C24H31ClN2O3. The van der Waals surface area contributed by atoms with Crippen LogP contribution in [0.25, 0.3) is 0 Å². The number of carbonyl (C=O) groups is 2. The Bertz CT molecular complexity index is 885. The van der Waals surface area contributed by atoms with Crippen molar-refractivity contribution in [1.29, 1.82) is 0 Å². The molecule has 0 aliphatic heterocycles. The third kappa shape index (κ3) is 6.23. The Kier molecular flexibility index (Phi) is 8.72. The van der Waals surface area contributed by atoms with Gasteiger partial charge in [-0.05, 0) is 62.9 Å². The largest absolute Gasteiger partial charge is 0.483 e. The number of carbonyl (C=O) groups excluding carboxylic acids is 2. The summed E-state index contributed by atoms with van der Waals surface area (Å²) in [7, 11) is 0. The maximum Gasteiger partial charge on any atom is 0.261 e. The van der Waals surface area contributed by atoms with Crippen molar-refractivity contribution in [1.82, 2.24) is 10.2 Å². The van der Waals surface area contributed by atoms with E-state index in [-0.39, 0.29) is 31.0 Å². The number of nitrogens with one attached hydrogen (secondary N) is 1. The minimum Gasteiger partial charge on any atom is -0.483 e. The fraction of sp³-hybridized carbons (Fsp3) is 0.417. The third-order valence-electron chi connectivity index (χ3n) is 5.37. The Morgan fingerprint density at radius 3 is 2.47 bits per heavy atom. The zero-order valence-corrected chi connectivity index (χ0v) is 19.1. The van der Waals surface area contributed by atoms with Crippen LogP contribution < -0.4 is 10.1 Å². The molecule has 1 N–H and O–H groups in total. The molecule has 0 saturated carbocycles. The SMILES string of the molecule is CC[C@H](C)NC(=O)[C@@H](C)N(Cc1ccccc1Cl)C(=O)COc1cccc(C)c1C. The van der Waals surface area contributed by atoms with Gasteiger partial charge in [0.05, 0.1) is 0 Å². The summed E-state index contributed by atoms with van der Waals surface area (Å²) >= 11 is 6.31. The van der Waals surface area contributed by atoms with Crippen molar-refractivity contribution in [2.45, 2.75) is 59.7 Å². The second-order valence-electron chi connectivity index (χ2n) is 7.59. The van der Waals surface area contributed by atoms with Crippen molar-refractivity contribution in [3.8, 4) is 5.75 Å². The zero-order chi connectivity index (χ0) is 22.3. The van der Waals surface area contributed by atoms with Gasteiger partial charge in [0.1, 0.15) is 11.8 Å². The standard InChI is InChI=1S/C24H31ClN2O3/c1-6-17(3)26-24(29)19(5)27(14-20-11-7-8-12-21(20)25)23(28)15-30-22-13-9-10-16(2)18(22)4/h7-13,17,19H,6,14-15H2,1-5H3,(H,26,29)/t17-,19+/m0/s1. The minimum absolute atomic E-state index is 0.0309. The van der Waals surface area contributed by atoms with Crippen LogP contribution in [0, 0.1) is 13.8 Å². The molecule has 0 aliphatic carbocycles. The summed E-state index contributed by atoms with van der Waals surface area (Å²) < 4.78 is 5.80. The molecule has 2 atom stereocenters. The van der Waals surface area contributed by atoms with Crippen LogP contribution in [0.15, 0.2) is 42.5 Å². The Balaban J connectivity index is 2.20. The van der Waals surface area contributed by atoms with Crippen molar-refractivity contribution < 1.29 is 14.3 Å².